The summed E-state index contributed by atoms with van der Waals surface area (Å²) in [6, 6.07) is 69.2. The van der Waals surface area contributed by atoms with Gasteiger partial charge in [0.25, 0.3) is 0 Å². The van der Waals surface area contributed by atoms with E-state index in [1.54, 1.807) is 0 Å². The Kier molecular flexibility index (Phi) is 8.05. The summed E-state index contributed by atoms with van der Waals surface area (Å²) in [4.78, 5) is 20.7. The maximum Gasteiger partial charge on any atom is 0.157 e. The highest BCUT2D eigenvalue weighted by Gasteiger charge is 2.52. The van der Waals surface area contributed by atoms with Crippen LogP contribution in [0.1, 0.15) is 33.7 Å². The van der Waals surface area contributed by atoms with E-state index in [1.165, 1.54) is 75.9 Å². The fourth-order valence-electron chi connectivity index (χ4n) is 12.8. The van der Waals surface area contributed by atoms with Gasteiger partial charge in [-0.05, 0) is 112 Å². The van der Waals surface area contributed by atoms with Gasteiger partial charge in [-0.15, -0.1) is 0 Å². The Balaban J connectivity index is 0.885. The van der Waals surface area contributed by atoms with Crippen LogP contribution in [0.5, 0.6) is 0 Å². The number of hydrogen-bond acceptors (Lipinski definition) is 5. The number of hydrogen-bond donors (Lipinski definition) is 0. The Morgan fingerprint density at radius 2 is 1.03 bits per heavy atom. The minimum Gasteiger partial charge on any atom is -0.316 e. The first kappa shape index (κ1) is 39.1. The molecule has 12 aromatic rings. The van der Waals surface area contributed by atoms with Crippen molar-refractivity contribution in [3.05, 3.63) is 259 Å². The molecule has 0 amide bonds. The van der Waals surface area contributed by atoms with Crippen LogP contribution in [-0.2, 0) is 5.41 Å². The number of anilines is 2. The molecule has 3 unspecified atom stereocenters. The molecule has 2 aliphatic heterocycles. The van der Waals surface area contributed by atoms with Crippen molar-refractivity contribution < 1.29 is 0 Å². The molecule has 1 spiro atoms. The van der Waals surface area contributed by atoms with Gasteiger partial charge >= 0.3 is 0 Å². The van der Waals surface area contributed by atoms with Crippen molar-refractivity contribution in [2.75, 3.05) is 4.90 Å². The Hall–Kier alpha value is -8.78. The van der Waals surface area contributed by atoms with Gasteiger partial charge in [-0.1, -0.05) is 145 Å². The zero-order chi connectivity index (χ0) is 46.4. The predicted molar refractivity (Wildman–Crippen MR) is 289 cm³/mol. The lowest BCUT2D eigenvalue weighted by atomic mass is 9.67. The quantitative estimate of drug-likeness (QED) is 0.176. The normalized spacial score (nSPS) is 18.0. The molecule has 0 saturated heterocycles. The summed E-state index contributed by atoms with van der Waals surface area (Å²) in [6.07, 6.45) is 15.0. The SMILES string of the molecule is C1=CC2c3cc(-c4ccc5c(c4)C4(c6ccccc6S5)c5cccnc5-c5ncc(-n6c7ccccc7c7ccccc76)cc54)ccc3N(c3ncccc3-n3c4ccccc4c4ccccc43)C2C=C1. The van der Waals surface area contributed by atoms with Crippen molar-refractivity contribution in [1.29, 1.82) is 0 Å². The van der Waals surface area contributed by atoms with Crippen molar-refractivity contribution in [3.63, 3.8) is 0 Å². The Labute approximate surface area is 413 Å². The number of benzene rings is 7. The summed E-state index contributed by atoms with van der Waals surface area (Å²) in [6.45, 7) is 0. The molecule has 0 saturated carbocycles. The molecule has 4 aliphatic rings. The molecular weight excluding hydrogens is 885 g/mol. The average Bonchev–Trinajstić information content (AvgIpc) is 4.15. The van der Waals surface area contributed by atoms with E-state index in [1.807, 2.05) is 30.4 Å². The lowest BCUT2D eigenvalue weighted by Gasteiger charge is -2.39. The molecule has 71 heavy (non-hydrogen) atoms. The summed E-state index contributed by atoms with van der Waals surface area (Å²) < 4.78 is 4.78. The van der Waals surface area contributed by atoms with E-state index in [2.05, 4.69) is 226 Å². The van der Waals surface area contributed by atoms with E-state index in [4.69, 9.17) is 15.0 Å². The van der Waals surface area contributed by atoms with Gasteiger partial charge in [-0.3, -0.25) is 9.97 Å². The van der Waals surface area contributed by atoms with Gasteiger partial charge in [-0.25, -0.2) is 4.98 Å². The molecule has 0 radical (unpaired) electrons. The largest absolute Gasteiger partial charge is 0.316 e. The second-order valence-electron chi connectivity index (χ2n) is 19.1. The number of aromatic nitrogens is 5. The summed E-state index contributed by atoms with van der Waals surface area (Å²) in [5.41, 5.74) is 17.6. The van der Waals surface area contributed by atoms with E-state index in [9.17, 15) is 0 Å². The number of fused-ring (bicyclic) bond motifs is 18. The van der Waals surface area contributed by atoms with E-state index >= 15 is 0 Å². The Morgan fingerprint density at radius 3 is 1.79 bits per heavy atom. The van der Waals surface area contributed by atoms with Crippen LogP contribution in [0, 0.1) is 0 Å². The average molecular weight is 925 g/mol. The standard InChI is InChI=1S/C64H40N6S/c1-7-22-52-42(15-1)43-16-2-8-23-53(43)68(52)41-37-51-62(67-38-41)61-49(21-13-33-65-61)64(51)48-20-6-12-28-59(48)71-60-32-30-40(36-50(60)64)39-29-31-57-47(35-39)46-19-5-11-26-56(46)70(57)63-58(27-14-34-66-63)69-54-24-9-3-17-44(54)45-18-4-10-25-55(45)69/h1-38,46,56H. The van der Waals surface area contributed by atoms with E-state index in [0.29, 0.717) is 0 Å². The van der Waals surface area contributed by atoms with Crippen molar-refractivity contribution >= 4 is 66.9 Å². The zero-order valence-electron chi connectivity index (χ0n) is 38.2. The highest BCUT2D eigenvalue weighted by atomic mass is 32.2. The smallest absolute Gasteiger partial charge is 0.157 e. The molecule has 0 N–H and O–H groups in total. The molecule has 332 valence electrons. The molecule has 0 bridgehead atoms. The molecule has 7 aromatic carbocycles. The molecule has 3 atom stereocenters. The highest BCUT2D eigenvalue weighted by Crippen LogP contribution is 2.62. The predicted octanol–water partition coefficient (Wildman–Crippen LogP) is 15.3. The van der Waals surface area contributed by atoms with Gasteiger partial charge in [0.05, 0.1) is 62.5 Å². The van der Waals surface area contributed by atoms with Crippen LogP contribution in [0.4, 0.5) is 11.5 Å². The first-order chi connectivity index (χ1) is 35.2. The Morgan fingerprint density at radius 1 is 0.437 bits per heavy atom. The minimum absolute atomic E-state index is 0.0573. The van der Waals surface area contributed by atoms with Crippen LogP contribution in [0.15, 0.2) is 241 Å². The maximum absolute atomic E-state index is 5.39. The van der Waals surface area contributed by atoms with E-state index in [0.717, 1.165) is 50.7 Å². The molecule has 2 aliphatic carbocycles. The molecule has 16 rings (SSSR count). The van der Waals surface area contributed by atoms with Gasteiger partial charge in [0.1, 0.15) is 0 Å². The summed E-state index contributed by atoms with van der Waals surface area (Å²) in [7, 11) is 0. The molecule has 7 heterocycles. The van der Waals surface area contributed by atoms with E-state index in [-0.39, 0.29) is 12.0 Å². The zero-order valence-corrected chi connectivity index (χ0v) is 39.0. The van der Waals surface area contributed by atoms with Crippen molar-refractivity contribution in [3.8, 4) is 33.9 Å². The van der Waals surface area contributed by atoms with Crippen LogP contribution < -0.4 is 4.90 Å². The van der Waals surface area contributed by atoms with E-state index < -0.39 is 5.41 Å². The minimum atomic E-state index is -0.675. The van der Waals surface area contributed by atoms with Crippen LogP contribution in [0.2, 0.25) is 0 Å². The van der Waals surface area contributed by atoms with Gasteiger partial charge in [0, 0.05) is 60.9 Å². The number of rotatable bonds is 4. The molecule has 5 aromatic heterocycles. The van der Waals surface area contributed by atoms with Crippen LogP contribution in [0.3, 0.4) is 0 Å². The van der Waals surface area contributed by atoms with Crippen LogP contribution >= 0.6 is 11.8 Å². The number of pyridine rings is 3. The van der Waals surface area contributed by atoms with Gasteiger partial charge in [0.2, 0.25) is 0 Å². The third kappa shape index (κ3) is 5.25. The fraction of sp³-hybridized carbons (Fsp3) is 0.0469. The first-order valence-electron chi connectivity index (χ1n) is 24.3. The lowest BCUT2D eigenvalue weighted by molar-refractivity contribution is 0.719. The number of allylic oxidation sites excluding steroid dienone is 2. The third-order valence-corrected chi connectivity index (χ3v) is 16.8. The lowest BCUT2D eigenvalue weighted by Crippen LogP contribution is -2.32. The van der Waals surface area contributed by atoms with Crippen molar-refractivity contribution in [2.24, 2.45) is 0 Å². The second-order valence-corrected chi connectivity index (χ2v) is 20.1. The summed E-state index contributed by atoms with van der Waals surface area (Å²) in [5, 5.41) is 4.92. The first-order valence-corrected chi connectivity index (χ1v) is 25.1. The topological polar surface area (TPSA) is 51.8 Å². The summed E-state index contributed by atoms with van der Waals surface area (Å²) in [5.74, 6) is 1.08. The fourth-order valence-corrected chi connectivity index (χ4v) is 14.0. The molecule has 0 fully saturated rings. The Bertz CT molecular complexity index is 4220. The van der Waals surface area contributed by atoms with Gasteiger partial charge in [-0.2, -0.15) is 0 Å². The van der Waals surface area contributed by atoms with Crippen LogP contribution in [-0.4, -0.2) is 30.1 Å². The number of para-hydroxylation sites is 4. The number of nitrogens with zero attached hydrogens (tertiary/aromatic N) is 6. The highest BCUT2D eigenvalue weighted by molar-refractivity contribution is 7.99. The summed E-state index contributed by atoms with van der Waals surface area (Å²) >= 11 is 1.86. The van der Waals surface area contributed by atoms with Crippen LogP contribution in [0.25, 0.3) is 77.5 Å². The molecule has 6 nitrogen and oxygen atoms in total. The monoisotopic (exact) mass is 924 g/mol. The van der Waals surface area contributed by atoms with Gasteiger partial charge in [0.15, 0.2) is 5.82 Å². The second kappa shape index (κ2) is 14.6. The van der Waals surface area contributed by atoms with Gasteiger partial charge < -0.3 is 14.0 Å². The van der Waals surface area contributed by atoms with Crippen molar-refractivity contribution in [2.45, 2.75) is 27.2 Å². The van der Waals surface area contributed by atoms with Crippen molar-refractivity contribution in [1.82, 2.24) is 24.1 Å². The molecule has 7 heteroatoms. The third-order valence-electron chi connectivity index (χ3n) is 15.6. The maximum atomic E-state index is 5.39. The molecular formula is C64H40N6S.